The van der Waals surface area contributed by atoms with E-state index in [9.17, 15) is 9.59 Å². The van der Waals surface area contributed by atoms with Gasteiger partial charge >= 0.3 is 0 Å². The topological polar surface area (TPSA) is 83.9 Å². The number of imidazole rings is 1. The number of rotatable bonds is 3. The van der Waals surface area contributed by atoms with Crippen LogP contribution in [0.25, 0.3) is 0 Å². The molecular formula is C16H21N5O2. The van der Waals surface area contributed by atoms with Crippen molar-refractivity contribution in [3.05, 3.63) is 46.2 Å². The maximum Gasteiger partial charge on any atom is 0.254 e. The van der Waals surface area contributed by atoms with E-state index in [0.717, 1.165) is 5.82 Å². The van der Waals surface area contributed by atoms with E-state index in [1.807, 2.05) is 17.7 Å². The monoisotopic (exact) mass is 315 g/mol. The predicted octanol–water partition coefficient (Wildman–Crippen LogP) is 1.24. The first-order chi connectivity index (χ1) is 11.0. The number of carbonyl (C=O) groups excluding carboxylic acids is 1. The minimum atomic E-state index is -0.321. The average molecular weight is 315 g/mol. The summed E-state index contributed by atoms with van der Waals surface area (Å²) in [7, 11) is 0. The lowest BCUT2D eigenvalue weighted by Crippen LogP contribution is -2.42. The van der Waals surface area contributed by atoms with E-state index in [1.165, 1.54) is 6.33 Å². The van der Waals surface area contributed by atoms with Crippen LogP contribution in [-0.2, 0) is 17.8 Å². The maximum atomic E-state index is 12.8. The van der Waals surface area contributed by atoms with E-state index in [1.54, 1.807) is 11.1 Å². The summed E-state index contributed by atoms with van der Waals surface area (Å²) < 4.78 is 1.92. The molecule has 1 atom stereocenters. The molecule has 122 valence electrons. The van der Waals surface area contributed by atoms with Crippen LogP contribution in [0.3, 0.4) is 0 Å². The van der Waals surface area contributed by atoms with Crippen molar-refractivity contribution in [1.82, 2.24) is 24.4 Å². The minimum absolute atomic E-state index is 0.0256. The highest BCUT2D eigenvalue weighted by molar-refractivity contribution is 5.80. The van der Waals surface area contributed by atoms with Crippen molar-refractivity contribution in [3.8, 4) is 0 Å². The van der Waals surface area contributed by atoms with Gasteiger partial charge in [0, 0.05) is 30.4 Å². The molecule has 0 bridgehead atoms. The number of aromatic amines is 1. The molecule has 1 aliphatic rings. The van der Waals surface area contributed by atoms with Crippen LogP contribution in [0.1, 0.15) is 49.8 Å². The van der Waals surface area contributed by atoms with Crippen molar-refractivity contribution >= 4 is 5.91 Å². The van der Waals surface area contributed by atoms with Crippen LogP contribution in [0.2, 0.25) is 0 Å². The highest BCUT2D eigenvalue weighted by Crippen LogP contribution is 2.21. The van der Waals surface area contributed by atoms with Gasteiger partial charge in [-0.3, -0.25) is 9.59 Å². The summed E-state index contributed by atoms with van der Waals surface area (Å²) in [5.74, 6) is 1.18. The van der Waals surface area contributed by atoms with Crippen molar-refractivity contribution in [2.24, 2.45) is 0 Å². The molecular weight excluding hydrogens is 294 g/mol. The molecule has 1 aliphatic heterocycles. The largest absolute Gasteiger partial charge is 0.335 e. The van der Waals surface area contributed by atoms with Gasteiger partial charge in [0.25, 0.3) is 5.56 Å². The number of hydrogen-bond acceptors (Lipinski definition) is 4. The van der Waals surface area contributed by atoms with Crippen molar-refractivity contribution in [3.63, 3.8) is 0 Å². The Morgan fingerprint density at radius 1 is 1.30 bits per heavy atom. The van der Waals surface area contributed by atoms with Crippen LogP contribution in [0.15, 0.2) is 23.5 Å². The molecule has 23 heavy (non-hydrogen) atoms. The number of hydrogen-bond donors (Lipinski definition) is 1. The van der Waals surface area contributed by atoms with Gasteiger partial charge in [-0.1, -0.05) is 13.8 Å². The normalized spacial score (nSPS) is 15.6. The molecule has 0 aliphatic carbocycles. The smallest absolute Gasteiger partial charge is 0.254 e. The maximum absolute atomic E-state index is 12.8. The summed E-state index contributed by atoms with van der Waals surface area (Å²) in [6.45, 7) is 6.92. The first kappa shape index (κ1) is 15.5. The zero-order chi connectivity index (χ0) is 16.6. The summed E-state index contributed by atoms with van der Waals surface area (Å²) in [5, 5.41) is 0. The lowest BCUT2D eigenvalue weighted by molar-refractivity contribution is -0.135. The zero-order valence-corrected chi connectivity index (χ0v) is 13.6. The molecule has 3 rings (SSSR count). The standard InChI is InChI=1S/C16H21N5O2/c1-10(2)14-17-5-7-21(14)11(3)16(23)20-6-4-12-13(8-20)18-9-19-15(12)22/h5,7,9-11H,4,6,8H2,1-3H3,(H,18,19,22)/t11-/m0/s1. The van der Waals surface area contributed by atoms with E-state index < -0.39 is 0 Å². The number of H-pyrrole nitrogens is 1. The molecule has 0 radical (unpaired) electrons. The van der Waals surface area contributed by atoms with E-state index in [2.05, 4.69) is 28.8 Å². The molecule has 7 nitrogen and oxygen atoms in total. The number of carbonyl (C=O) groups is 1. The van der Waals surface area contributed by atoms with Crippen molar-refractivity contribution in [1.29, 1.82) is 0 Å². The Labute approximate surface area is 134 Å². The van der Waals surface area contributed by atoms with Gasteiger partial charge in [0.05, 0.1) is 18.6 Å². The Morgan fingerprint density at radius 2 is 2.09 bits per heavy atom. The summed E-state index contributed by atoms with van der Waals surface area (Å²) in [6.07, 6.45) is 5.51. The Morgan fingerprint density at radius 3 is 2.83 bits per heavy atom. The van der Waals surface area contributed by atoms with Gasteiger partial charge in [0.1, 0.15) is 11.9 Å². The molecule has 0 aromatic carbocycles. The molecule has 1 N–H and O–H groups in total. The van der Waals surface area contributed by atoms with Crippen LogP contribution in [0.4, 0.5) is 0 Å². The lowest BCUT2D eigenvalue weighted by Gasteiger charge is -2.30. The first-order valence-corrected chi connectivity index (χ1v) is 7.86. The van der Waals surface area contributed by atoms with Crippen molar-refractivity contribution in [2.75, 3.05) is 6.54 Å². The number of nitrogens with zero attached hydrogens (tertiary/aromatic N) is 4. The van der Waals surface area contributed by atoms with Gasteiger partial charge in [0.2, 0.25) is 5.91 Å². The molecule has 0 saturated heterocycles. The highest BCUT2D eigenvalue weighted by atomic mass is 16.2. The second-order valence-electron chi connectivity index (χ2n) is 6.19. The number of nitrogens with one attached hydrogen (secondary N) is 1. The van der Waals surface area contributed by atoms with Crippen LogP contribution in [-0.4, -0.2) is 36.9 Å². The summed E-state index contributed by atoms with van der Waals surface area (Å²) in [6, 6.07) is -0.321. The molecule has 1 amide bonds. The highest BCUT2D eigenvalue weighted by Gasteiger charge is 2.28. The second-order valence-corrected chi connectivity index (χ2v) is 6.19. The van der Waals surface area contributed by atoms with Gasteiger partial charge in [-0.25, -0.2) is 9.97 Å². The molecule has 2 aromatic heterocycles. The Hall–Kier alpha value is -2.44. The third kappa shape index (κ3) is 2.78. The number of amides is 1. The molecule has 2 aromatic rings. The third-order valence-corrected chi connectivity index (χ3v) is 4.31. The zero-order valence-electron chi connectivity index (χ0n) is 13.6. The van der Waals surface area contributed by atoms with Crippen LogP contribution in [0.5, 0.6) is 0 Å². The fraction of sp³-hybridized carbons (Fsp3) is 0.500. The molecule has 0 fully saturated rings. The Bertz CT molecular complexity index is 777. The number of aromatic nitrogens is 4. The quantitative estimate of drug-likeness (QED) is 0.923. The molecule has 7 heteroatoms. The van der Waals surface area contributed by atoms with Crippen molar-refractivity contribution < 1.29 is 4.79 Å². The van der Waals surface area contributed by atoms with Gasteiger partial charge < -0.3 is 14.5 Å². The van der Waals surface area contributed by atoms with Crippen LogP contribution >= 0.6 is 0 Å². The summed E-state index contributed by atoms with van der Waals surface area (Å²) in [5.41, 5.74) is 1.27. The van der Waals surface area contributed by atoms with Gasteiger partial charge in [-0.05, 0) is 13.3 Å². The van der Waals surface area contributed by atoms with E-state index in [-0.39, 0.29) is 23.4 Å². The molecule has 3 heterocycles. The fourth-order valence-corrected chi connectivity index (χ4v) is 3.04. The van der Waals surface area contributed by atoms with Crippen molar-refractivity contribution in [2.45, 2.75) is 45.7 Å². The van der Waals surface area contributed by atoms with E-state index >= 15 is 0 Å². The van der Waals surface area contributed by atoms with Gasteiger partial charge in [0.15, 0.2) is 0 Å². The van der Waals surface area contributed by atoms with E-state index in [4.69, 9.17) is 0 Å². The van der Waals surface area contributed by atoms with Crippen LogP contribution in [0, 0.1) is 0 Å². The SMILES string of the molecule is CC(C)c1nccn1[C@@H](C)C(=O)N1CCc2c(nc[nH]c2=O)C1. The van der Waals surface area contributed by atoms with Gasteiger partial charge in [-0.2, -0.15) is 0 Å². The first-order valence-electron chi connectivity index (χ1n) is 7.86. The average Bonchev–Trinajstić information content (AvgIpc) is 3.03. The fourth-order valence-electron chi connectivity index (χ4n) is 3.04. The van der Waals surface area contributed by atoms with Crippen LogP contribution < -0.4 is 5.56 Å². The molecule has 0 unspecified atom stereocenters. The number of fused-ring (bicyclic) bond motifs is 1. The second kappa shape index (κ2) is 5.98. The Balaban J connectivity index is 1.81. The summed E-state index contributed by atoms with van der Waals surface area (Å²) >= 11 is 0. The molecule has 0 spiro atoms. The summed E-state index contributed by atoms with van der Waals surface area (Å²) in [4.78, 5) is 37.5. The minimum Gasteiger partial charge on any atom is -0.335 e. The van der Waals surface area contributed by atoms with E-state index in [0.29, 0.717) is 30.8 Å². The molecule has 0 saturated carbocycles. The third-order valence-electron chi connectivity index (χ3n) is 4.31. The van der Waals surface area contributed by atoms with Gasteiger partial charge in [-0.15, -0.1) is 0 Å². The lowest BCUT2D eigenvalue weighted by atomic mass is 10.1. The Kier molecular flexibility index (Phi) is 4.02. The predicted molar refractivity (Wildman–Crippen MR) is 85.0 cm³/mol.